The zero-order valence-corrected chi connectivity index (χ0v) is 11.5. The van der Waals surface area contributed by atoms with Gasteiger partial charge in [0.2, 0.25) is 6.79 Å². The van der Waals surface area contributed by atoms with Crippen molar-refractivity contribution < 1.29 is 19.4 Å². The molecule has 98 valence electrons. The third kappa shape index (κ3) is 1.86. The summed E-state index contributed by atoms with van der Waals surface area (Å²) < 4.78 is 12.6. The number of carbonyl (C=O) groups is 1. The van der Waals surface area contributed by atoms with Gasteiger partial charge in [-0.1, -0.05) is 0 Å². The first-order valence-corrected chi connectivity index (χ1v) is 6.22. The molecule has 0 saturated carbocycles. The smallest absolute Gasteiger partial charge is 0.357 e. The summed E-state index contributed by atoms with van der Waals surface area (Å²) in [6.07, 6.45) is 0. The fourth-order valence-corrected chi connectivity index (χ4v) is 2.33. The van der Waals surface area contributed by atoms with Crippen LogP contribution in [0.2, 0.25) is 0 Å². The maximum atomic E-state index is 11.1. The number of benzene rings is 1. The van der Waals surface area contributed by atoms with Crippen LogP contribution in [0, 0.1) is 0 Å². The Kier molecular flexibility index (Phi) is 2.70. The van der Waals surface area contributed by atoms with E-state index in [1.165, 1.54) is 0 Å². The third-order valence-electron chi connectivity index (χ3n) is 2.86. The Morgan fingerprint density at radius 2 is 2.16 bits per heavy atom. The maximum absolute atomic E-state index is 11.1. The average Bonchev–Trinajstić information content (AvgIpc) is 2.95. The van der Waals surface area contributed by atoms with E-state index in [0.717, 1.165) is 5.56 Å². The van der Waals surface area contributed by atoms with E-state index in [1.54, 1.807) is 23.7 Å². The van der Waals surface area contributed by atoms with Crippen molar-refractivity contribution in [1.29, 1.82) is 0 Å². The van der Waals surface area contributed by atoms with Crippen molar-refractivity contribution in [3.05, 3.63) is 28.5 Å². The van der Waals surface area contributed by atoms with Crippen LogP contribution >= 0.6 is 15.9 Å². The molecule has 19 heavy (non-hydrogen) atoms. The van der Waals surface area contributed by atoms with E-state index in [0.29, 0.717) is 21.9 Å². The van der Waals surface area contributed by atoms with Gasteiger partial charge in [-0.25, -0.2) is 9.78 Å². The topological polar surface area (TPSA) is 73.6 Å². The lowest BCUT2D eigenvalue weighted by atomic mass is 10.2. The SMILES string of the molecule is Cn1c(-c2ccc3c(c2)OCO3)nc(C(=O)O)c1Br. The molecule has 1 N–H and O–H groups in total. The minimum atomic E-state index is -1.07. The van der Waals surface area contributed by atoms with Gasteiger partial charge in [-0.05, 0) is 34.1 Å². The van der Waals surface area contributed by atoms with Gasteiger partial charge in [-0.15, -0.1) is 0 Å². The van der Waals surface area contributed by atoms with Crippen LogP contribution < -0.4 is 9.47 Å². The van der Waals surface area contributed by atoms with E-state index in [1.807, 2.05) is 6.07 Å². The Bertz CT molecular complexity index is 681. The molecule has 0 spiro atoms. The van der Waals surface area contributed by atoms with Crippen LogP contribution in [-0.4, -0.2) is 27.4 Å². The molecule has 3 rings (SSSR count). The highest BCUT2D eigenvalue weighted by molar-refractivity contribution is 9.10. The first-order valence-electron chi connectivity index (χ1n) is 5.43. The molecule has 6 nitrogen and oxygen atoms in total. The van der Waals surface area contributed by atoms with E-state index in [2.05, 4.69) is 20.9 Å². The Labute approximate surface area is 116 Å². The zero-order chi connectivity index (χ0) is 13.6. The second-order valence-corrected chi connectivity index (χ2v) is 4.76. The minimum absolute atomic E-state index is 0.0184. The van der Waals surface area contributed by atoms with Crippen molar-refractivity contribution in [2.75, 3.05) is 6.79 Å². The average molecular weight is 325 g/mol. The summed E-state index contributed by atoms with van der Waals surface area (Å²) in [5.41, 5.74) is 0.745. The number of nitrogens with zero attached hydrogens (tertiary/aromatic N) is 2. The first kappa shape index (κ1) is 12.0. The van der Waals surface area contributed by atoms with Crippen LogP contribution in [0.25, 0.3) is 11.4 Å². The molecule has 1 aromatic carbocycles. The summed E-state index contributed by atoms with van der Waals surface area (Å²) in [5.74, 6) is 0.779. The number of hydrogen-bond acceptors (Lipinski definition) is 4. The number of hydrogen-bond donors (Lipinski definition) is 1. The Morgan fingerprint density at radius 1 is 1.42 bits per heavy atom. The van der Waals surface area contributed by atoms with Crippen LogP contribution in [0.1, 0.15) is 10.5 Å². The number of rotatable bonds is 2. The van der Waals surface area contributed by atoms with Gasteiger partial charge in [0.05, 0.1) is 0 Å². The van der Waals surface area contributed by atoms with Crippen molar-refractivity contribution in [1.82, 2.24) is 9.55 Å². The molecule has 7 heteroatoms. The van der Waals surface area contributed by atoms with Gasteiger partial charge >= 0.3 is 5.97 Å². The lowest BCUT2D eigenvalue weighted by Gasteiger charge is -2.03. The molecule has 0 bridgehead atoms. The molecule has 0 radical (unpaired) electrons. The third-order valence-corrected chi connectivity index (χ3v) is 3.77. The molecule has 0 atom stereocenters. The molecule has 1 aliphatic heterocycles. The van der Waals surface area contributed by atoms with Crippen LogP contribution in [0.3, 0.4) is 0 Å². The molecule has 0 aliphatic carbocycles. The quantitative estimate of drug-likeness (QED) is 0.917. The number of carboxylic acid groups (broad SMARTS) is 1. The molecule has 0 unspecified atom stereocenters. The summed E-state index contributed by atoms with van der Waals surface area (Å²) in [6, 6.07) is 5.37. The first-order chi connectivity index (χ1) is 9.08. The molecular formula is C12H9BrN2O4. The summed E-state index contributed by atoms with van der Waals surface area (Å²) in [7, 11) is 1.74. The Morgan fingerprint density at radius 3 is 2.84 bits per heavy atom. The molecular weight excluding hydrogens is 316 g/mol. The highest BCUT2D eigenvalue weighted by atomic mass is 79.9. The predicted molar refractivity (Wildman–Crippen MR) is 69.4 cm³/mol. The molecule has 2 aromatic rings. The normalized spacial score (nSPS) is 12.7. The van der Waals surface area contributed by atoms with Crippen molar-refractivity contribution >= 4 is 21.9 Å². The highest BCUT2D eigenvalue weighted by Crippen LogP contribution is 2.36. The monoisotopic (exact) mass is 324 g/mol. The summed E-state index contributed by atoms with van der Waals surface area (Å²) in [4.78, 5) is 15.2. The second kappa shape index (κ2) is 4.27. The standard InChI is InChI=1S/C12H9BrN2O4/c1-15-10(13)9(12(16)17)14-11(15)6-2-3-7-8(4-6)19-5-18-7/h2-4H,5H2,1H3,(H,16,17). The zero-order valence-electron chi connectivity index (χ0n) is 9.88. The van der Waals surface area contributed by atoms with Crippen LogP contribution in [0.5, 0.6) is 11.5 Å². The number of imidazole rings is 1. The fraction of sp³-hybridized carbons (Fsp3) is 0.167. The Hall–Kier alpha value is -2.02. The van der Waals surface area contributed by atoms with E-state index in [-0.39, 0.29) is 12.5 Å². The fourth-order valence-electron chi connectivity index (χ4n) is 1.91. The number of ether oxygens (including phenoxy) is 2. The van der Waals surface area contributed by atoms with Crippen molar-refractivity contribution in [3.8, 4) is 22.9 Å². The van der Waals surface area contributed by atoms with Crippen molar-refractivity contribution in [3.63, 3.8) is 0 Å². The molecule has 0 saturated heterocycles. The van der Waals surface area contributed by atoms with E-state index in [4.69, 9.17) is 14.6 Å². The lowest BCUT2D eigenvalue weighted by molar-refractivity contribution is 0.0690. The molecule has 2 heterocycles. The molecule has 1 aromatic heterocycles. The lowest BCUT2D eigenvalue weighted by Crippen LogP contribution is -1.97. The largest absolute Gasteiger partial charge is 0.476 e. The number of fused-ring (bicyclic) bond motifs is 1. The minimum Gasteiger partial charge on any atom is -0.476 e. The Balaban J connectivity index is 2.12. The van der Waals surface area contributed by atoms with E-state index < -0.39 is 5.97 Å². The van der Waals surface area contributed by atoms with E-state index >= 15 is 0 Å². The van der Waals surface area contributed by atoms with Crippen molar-refractivity contribution in [2.45, 2.75) is 0 Å². The van der Waals surface area contributed by atoms with Gasteiger partial charge in [0.25, 0.3) is 0 Å². The summed E-state index contributed by atoms with van der Waals surface area (Å²) in [5, 5.41) is 9.05. The number of aromatic carboxylic acids is 1. The molecule has 0 fully saturated rings. The van der Waals surface area contributed by atoms with Crippen LogP contribution in [0.4, 0.5) is 0 Å². The van der Waals surface area contributed by atoms with E-state index in [9.17, 15) is 4.79 Å². The maximum Gasteiger partial charge on any atom is 0.357 e. The summed E-state index contributed by atoms with van der Waals surface area (Å²) >= 11 is 3.22. The van der Waals surface area contributed by atoms with Gasteiger partial charge < -0.3 is 19.1 Å². The van der Waals surface area contributed by atoms with Crippen LogP contribution in [-0.2, 0) is 7.05 Å². The predicted octanol–water partition coefficient (Wildman–Crippen LogP) is 2.28. The van der Waals surface area contributed by atoms with Gasteiger partial charge in [-0.2, -0.15) is 0 Å². The number of aromatic nitrogens is 2. The number of halogens is 1. The van der Waals surface area contributed by atoms with Gasteiger partial charge in [-0.3, -0.25) is 0 Å². The van der Waals surface area contributed by atoms with Gasteiger partial charge in [0, 0.05) is 12.6 Å². The summed E-state index contributed by atoms with van der Waals surface area (Å²) in [6.45, 7) is 0.198. The second-order valence-electron chi connectivity index (χ2n) is 4.01. The highest BCUT2D eigenvalue weighted by Gasteiger charge is 2.21. The molecule has 1 aliphatic rings. The van der Waals surface area contributed by atoms with Crippen LogP contribution in [0.15, 0.2) is 22.8 Å². The van der Waals surface area contributed by atoms with Crippen molar-refractivity contribution in [2.24, 2.45) is 7.05 Å². The number of carboxylic acids is 1. The van der Waals surface area contributed by atoms with Gasteiger partial charge in [0.15, 0.2) is 17.2 Å². The van der Waals surface area contributed by atoms with Gasteiger partial charge in [0.1, 0.15) is 10.4 Å². The molecule has 0 amide bonds.